The largest absolute Gasteiger partial charge is 0.497 e. The lowest BCUT2D eigenvalue weighted by Gasteiger charge is -2.26. The van der Waals surface area contributed by atoms with Gasteiger partial charge >= 0.3 is 0 Å². The fourth-order valence-electron chi connectivity index (χ4n) is 2.98. The van der Waals surface area contributed by atoms with Crippen LogP contribution >= 0.6 is 0 Å². The summed E-state index contributed by atoms with van der Waals surface area (Å²) in [5, 5.41) is 0. The molecule has 0 spiro atoms. The molecule has 1 aromatic carbocycles. The van der Waals surface area contributed by atoms with Crippen LogP contribution in [0.15, 0.2) is 24.3 Å². The molecule has 0 aromatic heterocycles. The lowest BCUT2D eigenvalue weighted by molar-refractivity contribution is 0.230. The van der Waals surface area contributed by atoms with Crippen molar-refractivity contribution >= 4 is 0 Å². The van der Waals surface area contributed by atoms with Gasteiger partial charge < -0.3 is 4.74 Å². The highest BCUT2D eigenvalue weighted by Crippen LogP contribution is 2.47. The monoisotopic (exact) mass is 217 g/mol. The zero-order valence-corrected chi connectivity index (χ0v) is 10.0. The molecule has 2 heteroatoms. The second kappa shape index (κ2) is 3.77. The number of hydrogen-bond donors (Lipinski definition) is 0. The first-order chi connectivity index (χ1) is 7.79. The topological polar surface area (TPSA) is 12.5 Å². The molecule has 1 heterocycles. The predicted octanol–water partition coefficient (Wildman–Crippen LogP) is 2.85. The minimum absolute atomic E-state index is 0.559. The van der Waals surface area contributed by atoms with Crippen LogP contribution in [0.2, 0.25) is 0 Å². The smallest absolute Gasteiger partial charge is 0.118 e. The summed E-state index contributed by atoms with van der Waals surface area (Å²) in [5.74, 6) is 1.96. The molecule has 2 nitrogen and oxygen atoms in total. The summed E-state index contributed by atoms with van der Waals surface area (Å²) < 4.78 is 5.19. The molecule has 16 heavy (non-hydrogen) atoms. The zero-order valence-electron chi connectivity index (χ0n) is 10.0. The number of benzene rings is 1. The summed E-state index contributed by atoms with van der Waals surface area (Å²) >= 11 is 0. The Labute approximate surface area is 97.2 Å². The van der Waals surface area contributed by atoms with Crippen molar-refractivity contribution in [1.29, 1.82) is 0 Å². The average molecular weight is 217 g/mol. The minimum atomic E-state index is 0.559. The third kappa shape index (κ3) is 1.61. The van der Waals surface area contributed by atoms with Gasteiger partial charge in [-0.05, 0) is 49.9 Å². The van der Waals surface area contributed by atoms with Crippen LogP contribution in [0.1, 0.15) is 31.4 Å². The van der Waals surface area contributed by atoms with E-state index in [2.05, 4.69) is 36.1 Å². The maximum atomic E-state index is 5.19. The molecule has 0 N–H and O–H groups in total. The third-order valence-electron chi connectivity index (χ3n) is 4.17. The second-order valence-corrected chi connectivity index (χ2v) is 5.04. The van der Waals surface area contributed by atoms with E-state index >= 15 is 0 Å². The van der Waals surface area contributed by atoms with Crippen LogP contribution in [0.5, 0.6) is 5.75 Å². The SMILES string of the molecule is COc1ccc([C@@H](C)N2CC[C@H]3C[C@H]32)cc1. The van der Waals surface area contributed by atoms with E-state index in [0.717, 1.165) is 17.7 Å². The molecule has 0 unspecified atom stereocenters. The van der Waals surface area contributed by atoms with Crippen molar-refractivity contribution in [3.05, 3.63) is 29.8 Å². The molecule has 0 bridgehead atoms. The van der Waals surface area contributed by atoms with E-state index in [1.54, 1.807) is 7.11 Å². The Balaban J connectivity index is 1.75. The second-order valence-electron chi connectivity index (χ2n) is 5.04. The molecule has 86 valence electrons. The molecule has 3 atom stereocenters. The Bertz CT molecular complexity index is 373. The summed E-state index contributed by atoms with van der Waals surface area (Å²) in [6.45, 7) is 3.60. The standard InChI is InChI=1S/C14H19NO/c1-10(15-8-7-12-9-14(12)15)11-3-5-13(16-2)6-4-11/h3-6,10,12,14H,7-9H2,1-2H3/t10-,12+,14-/m1/s1. The Morgan fingerprint density at radius 2 is 2.06 bits per heavy atom. The molecule has 2 aliphatic rings. The van der Waals surface area contributed by atoms with Crippen LogP contribution in [0.3, 0.4) is 0 Å². The number of ether oxygens (including phenoxy) is 1. The van der Waals surface area contributed by atoms with Crippen LogP contribution in [0, 0.1) is 5.92 Å². The molecule has 1 saturated heterocycles. The van der Waals surface area contributed by atoms with Gasteiger partial charge in [-0.3, -0.25) is 4.90 Å². The van der Waals surface area contributed by atoms with E-state index in [0.29, 0.717) is 6.04 Å². The van der Waals surface area contributed by atoms with Crippen LogP contribution < -0.4 is 4.74 Å². The summed E-state index contributed by atoms with van der Waals surface area (Å²) in [6.07, 6.45) is 2.84. The summed E-state index contributed by atoms with van der Waals surface area (Å²) in [5.41, 5.74) is 1.41. The summed E-state index contributed by atoms with van der Waals surface area (Å²) in [4.78, 5) is 2.66. The van der Waals surface area contributed by atoms with Gasteiger partial charge in [0.1, 0.15) is 5.75 Å². The van der Waals surface area contributed by atoms with Crippen LogP contribution in [0.4, 0.5) is 0 Å². The number of rotatable bonds is 3. The maximum absolute atomic E-state index is 5.19. The van der Waals surface area contributed by atoms with E-state index in [4.69, 9.17) is 4.74 Å². The predicted molar refractivity (Wildman–Crippen MR) is 64.6 cm³/mol. The van der Waals surface area contributed by atoms with Crippen LogP contribution in [-0.2, 0) is 0 Å². The number of fused-ring (bicyclic) bond motifs is 1. The third-order valence-corrected chi connectivity index (χ3v) is 4.17. The molecule has 1 aliphatic heterocycles. The van der Waals surface area contributed by atoms with Gasteiger partial charge in [0.05, 0.1) is 7.11 Å². The Morgan fingerprint density at radius 3 is 2.56 bits per heavy atom. The average Bonchev–Trinajstić information content (AvgIpc) is 3.00. The lowest BCUT2D eigenvalue weighted by atomic mass is 10.1. The number of likely N-dealkylation sites (tertiary alicyclic amines) is 1. The van der Waals surface area contributed by atoms with E-state index < -0.39 is 0 Å². The molecule has 1 aliphatic carbocycles. The highest BCUT2D eigenvalue weighted by Gasteiger charge is 2.48. The van der Waals surface area contributed by atoms with Gasteiger partial charge in [0.2, 0.25) is 0 Å². The molecular weight excluding hydrogens is 198 g/mol. The van der Waals surface area contributed by atoms with Gasteiger partial charge in [-0.1, -0.05) is 12.1 Å². The Morgan fingerprint density at radius 1 is 1.31 bits per heavy atom. The van der Waals surface area contributed by atoms with E-state index in [1.165, 1.54) is 24.9 Å². The van der Waals surface area contributed by atoms with Gasteiger partial charge in [-0.25, -0.2) is 0 Å². The van der Waals surface area contributed by atoms with Crippen molar-refractivity contribution in [3.8, 4) is 5.75 Å². The van der Waals surface area contributed by atoms with Crippen molar-refractivity contribution in [3.63, 3.8) is 0 Å². The highest BCUT2D eigenvalue weighted by atomic mass is 16.5. The normalized spacial score (nSPS) is 29.9. The first-order valence-corrected chi connectivity index (χ1v) is 6.19. The quantitative estimate of drug-likeness (QED) is 0.772. The number of nitrogens with zero attached hydrogens (tertiary/aromatic N) is 1. The fraction of sp³-hybridized carbons (Fsp3) is 0.571. The molecule has 3 rings (SSSR count). The minimum Gasteiger partial charge on any atom is -0.497 e. The molecule has 2 fully saturated rings. The van der Waals surface area contributed by atoms with Gasteiger partial charge in [0.25, 0.3) is 0 Å². The summed E-state index contributed by atoms with van der Waals surface area (Å²) in [6, 6.07) is 9.96. The Kier molecular flexibility index (Phi) is 2.40. The number of hydrogen-bond acceptors (Lipinski definition) is 2. The fourth-order valence-corrected chi connectivity index (χ4v) is 2.98. The first-order valence-electron chi connectivity index (χ1n) is 6.19. The van der Waals surface area contributed by atoms with Crippen molar-refractivity contribution < 1.29 is 4.74 Å². The van der Waals surface area contributed by atoms with Gasteiger partial charge in [0, 0.05) is 12.1 Å². The van der Waals surface area contributed by atoms with Crippen LogP contribution in [0.25, 0.3) is 0 Å². The highest BCUT2D eigenvalue weighted by molar-refractivity contribution is 5.29. The zero-order chi connectivity index (χ0) is 11.1. The molecule has 1 saturated carbocycles. The Hall–Kier alpha value is -1.02. The maximum Gasteiger partial charge on any atom is 0.118 e. The van der Waals surface area contributed by atoms with Crippen molar-refractivity contribution in [2.45, 2.75) is 31.8 Å². The van der Waals surface area contributed by atoms with Gasteiger partial charge in [-0.2, -0.15) is 0 Å². The molecule has 0 radical (unpaired) electrons. The molecular formula is C14H19NO. The van der Waals surface area contributed by atoms with Crippen molar-refractivity contribution in [2.24, 2.45) is 5.92 Å². The van der Waals surface area contributed by atoms with Gasteiger partial charge in [0.15, 0.2) is 0 Å². The summed E-state index contributed by atoms with van der Waals surface area (Å²) in [7, 11) is 1.72. The van der Waals surface area contributed by atoms with E-state index in [-0.39, 0.29) is 0 Å². The molecule has 1 aromatic rings. The van der Waals surface area contributed by atoms with E-state index in [9.17, 15) is 0 Å². The van der Waals surface area contributed by atoms with Crippen molar-refractivity contribution in [1.82, 2.24) is 4.90 Å². The van der Waals surface area contributed by atoms with Gasteiger partial charge in [-0.15, -0.1) is 0 Å². The number of methoxy groups -OCH3 is 1. The first kappa shape index (κ1) is 10.2. The van der Waals surface area contributed by atoms with Crippen molar-refractivity contribution in [2.75, 3.05) is 13.7 Å². The number of piperidine rings is 1. The molecule has 0 amide bonds. The van der Waals surface area contributed by atoms with Crippen LogP contribution in [-0.4, -0.2) is 24.6 Å². The van der Waals surface area contributed by atoms with E-state index in [1.807, 2.05) is 0 Å². The lowest BCUT2D eigenvalue weighted by Crippen LogP contribution is -2.26.